The number of hydrogen-bond donors (Lipinski definition) is 1. The molecule has 4 rings (SSSR count). The fraction of sp³-hybridized carbons (Fsp3) is 0.450. The van der Waals surface area contributed by atoms with E-state index in [2.05, 4.69) is 49.4 Å². The number of nitrogens with zero attached hydrogens (tertiary/aromatic N) is 4. The van der Waals surface area contributed by atoms with Crippen LogP contribution in [0.3, 0.4) is 0 Å². The molecule has 2 aliphatic rings. The molecular weight excluding hydrogens is 342 g/mol. The van der Waals surface area contributed by atoms with Gasteiger partial charge in [-0.1, -0.05) is 18.2 Å². The number of carbonyl (C=O) groups is 1. The smallest absolute Gasteiger partial charge is 0.227 e. The lowest BCUT2D eigenvalue weighted by molar-refractivity contribution is -0.122. The van der Waals surface area contributed by atoms with Crippen LogP contribution in [0.4, 0.5) is 17.3 Å². The summed E-state index contributed by atoms with van der Waals surface area (Å²) in [4.78, 5) is 25.8. The summed E-state index contributed by atoms with van der Waals surface area (Å²) in [6.45, 7) is 4.95. The van der Waals surface area contributed by atoms with Gasteiger partial charge in [-0.2, -0.15) is 0 Å². The molecular formula is C20H25N5O2. The second kappa shape index (κ2) is 8.35. The van der Waals surface area contributed by atoms with Crippen LogP contribution in [0.2, 0.25) is 0 Å². The summed E-state index contributed by atoms with van der Waals surface area (Å²) in [6, 6.07) is 10.5. The Bertz CT molecular complexity index is 739. The number of rotatable bonds is 4. The van der Waals surface area contributed by atoms with Crippen molar-refractivity contribution in [2.75, 3.05) is 54.5 Å². The molecule has 27 heavy (non-hydrogen) atoms. The lowest BCUT2D eigenvalue weighted by Gasteiger charge is -2.36. The maximum Gasteiger partial charge on any atom is 0.227 e. The maximum absolute atomic E-state index is 12.3. The molecule has 7 heteroatoms. The molecule has 7 nitrogen and oxygen atoms in total. The van der Waals surface area contributed by atoms with Gasteiger partial charge >= 0.3 is 0 Å². The molecule has 1 amide bonds. The van der Waals surface area contributed by atoms with Crippen LogP contribution < -0.4 is 15.1 Å². The quantitative estimate of drug-likeness (QED) is 0.893. The number of para-hydroxylation sites is 1. The van der Waals surface area contributed by atoms with Crippen molar-refractivity contribution in [2.45, 2.75) is 12.8 Å². The number of aromatic nitrogens is 2. The Morgan fingerprint density at radius 2 is 1.59 bits per heavy atom. The van der Waals surface area contributed by atoms with Crippen molar-refractivity contribution in [1.29, 1.82) is 0 Å². The molecule has 0 aliphatic carbocycles. The Balaban J connectivity index is 1.31. The van der Waals surface area contributed by atoms with Crippen LogP contribution in [-0.4, -0.2) is 55.3 Å². The predicted octanol–water partition coefficient (Wildman–Crippen LogP) is 2.17. The number of amides is 1. The van der Waals surface area contributed by atoms with E-state index in [0.717, 1.165) is 39.0 Å². The van der Waals surface area contributed by atoms with Crippen molar-refractivity contribution in [3.05, 3.63) is 42.7 Å². The number of anilines is 3. The number of nitrogens with one attached hydrogen (secondary N) is 1. The number of ether oxygens (including phenoxy) is 1. The van der Waals surface area contributed by atoms with Crippen LogP contribution in [0, 0.1) is 5.92 Å². The molecule has 2 aliphatic heterocycles. The number of piperazine rings is 1. The summed E-state index contributed by atoms with van der Waals surface area (Å²) in [5, 5.41) is 2.92. The van der Waals surface area contributed by atoms with E-state index in [1.54, 1.807) is 12.4 Å². The van der Waals surface area contributed by atoms with Crippen molar-refractivity contribution in [2.24, 2.45) is 5.92 Å². The van der Waals surface area contributed by atoms with E-state index in [9.17, 15) is 4.79 Å². The SMILES string of the molecule is O=C(Nc1cnc(N2CCN(c3ccccc3)CC2)nc1)C1CCOCC1. The predicted molar refractivity (Wildman–Crippen MR) is 105 cm³/mol. The van der Waals surface area contributed by atoms with E-state index < -0.39 is 0 Å². The van der Waals surface area contributed by atoms with Gasteiger partial charge in [-0.15, -0.1) is 0 Å². The molecule has 1 N–H and O–H groups in total. The molecule has 2 fully saturated rings. The van der Waals surface area contributed by atoms with Gasteiger partial charge in [0.25, 0.3) is 0 Å². The Hall–Kier alpha value is -2.67. The summed E-state index contributed by atoms with van der Waals surface area (Å²) in [6.07, 6.45) is 4.94. The lowest BCUT2D eigenvalue weighted by atomic mass is 9.99. The Morgan fingerprint density at radius 1 is 0.963 bits per heavy atom. The zero-order valence-corrected chi connectivity index (χ0v) is 15.4. The second-order valence-electron chi connectivity index (χ2n) is 6.96. The van der Waals surface area contributed by atoms with E-state index in [0.29, 0.717) is 24.8 Å². The number of benzene rings is 1. The fourth-order valence-electron chi connectivity index (χ4n) is 3.56. The highest BCUT2D eigenvalue weighted by Gasteiger charge is 2.22. The summed E-state index contributed by atoms with van der Waals surface area (Å²) >= 11 is 0. The minimum Gasteiger partial charge on any atom is -0.381 e. The van der Waals surface area contributed by atoms with Crippen LogP contribution in [0.15, 0.2) is 42.7 Å². The summed E-state index contributed by atoms with van der Waals surface area (Å²) in [5.74, 6) is 0.766. The highest BCUT2D eigenvalue weighted by Crippen LogP contribution is 2.20. The van der Waals surface area contributed by atoms with Crippen molar-refractivity contribution in [3.8, 4) is 0 Å². The molecule has 3 heterocycles. The summed E-state index contributed by atoms with van der Waals surface area (Å²) in [5.41, 5.74) is 1.91. The molecule has 0 radical (unpaired) electrons. The third-order valence-corrected chi connectivity index (χ3v) is 5.18. The fourth-order valence-corrected chi connectivity index (χ4v) is 3.56. The third kappa shape index (κ3) is 4.36. The largest absolute Gasteiger partial charge is 0.381 e. The van der Waals surface area contributed by atoms with Gasteiger partial charge in [0.2, 0.25) is 11.9 Å². The van der Waals surface area contributed by atoms with Gasteiger partial charge in [0.1, 0.15) is 0 Å². The minimum atomic E-state index is 0.0180. The van der Waals surface area contributed by atoms with E-state index in [1.807, 2.05) is 6.07 Å². The van der Waals surface area contributed by atoms with Crippen molar-refractivity contribution < 1.29 is 9.53 Å². The topological polar surface area (TPSA) is 70.6 Å². The summed E-state index contributed by atoms with van der Waals surface area (Å²) < 4.78 is 5.31. The van der Waals surface area contributed by atoms with E-state index in [1.165, 1.54) is 5.69 Å². The normalized spacial score (nSPS) is 18.4. The third-order valence-electron chi connectivity index (χ3n) is 5.18. The monoisotopic (exact) mass is 367 g/mol. The minimum absolute atomic E-state index is 0.0180. The van der Waals surface area contributed by atoms with Gasteiger partial charge in [0, 0.05) is 51.0 Å². The molecule has 0 atom stereocenters. The van der Waals surface area contributed by atoms with E-state index in [-0.39, 0.29) is 11.8 Å². The van der Waals surface area contributed by atoms with Crippen LogP contribution >= 0.6 is 0 Å². The zero-order valence-electron chi connectivity index (χ0n) is 15.4. The first-order valence-electron chi connectivity index (χ1n) is 9.55. The van der Waals surface area contributed by atoms with E-state index in [4.69, 9.17) is 4.74 Å². The van der Waals surface area contributed by atoms with E-state index >= 15 is 0 Å². The second-order valence-corrected chi connectivity index (χ2v) is 6.96. The van der Waals surface area contributed by atoms with Crippen molar-refractivity contribution in [1.82, 2.24) is 9.97 Å². The molecule has 142 valence electrons. The number of hydrogen-bond acceptors (Lipinski definition) is 6. The first kappa shape index (κ1) is 17.7. The average Bonchev–Trinajstić information content (AvgIpc) is 2.76. The molecule has 0 spiro atoms. The molecule has 2 aromatic rings. The standard InChI is InChI=1S/C20H25N5O2/c26-19(16-6-12-27-13-7-16)23-17-14-21-20(22-15-17)25-10-8-24(9-11-25)18-4-2-1-3-5-18/h1-5,14-16H,6-13H2,(H,23,26). The first-order valence-corrected chi connectivity index (χ1v) is 9.55. The molecule has 2 saturated heterocycles. The highest BCUT2D eigenvalue weighted by molar-refractivity contribution is 5.92. The van der Waals surface area contributed by atoms with Crippen LogP contribution in [-0.2, 0) is 9.53 Å². The van der Waals surface area contributed by atoms with Gasteiger partial charge in [0.05, 0.1) is 18.1 Å². The van der Waals surface area contributed by atoms with Gasteiger partial charge < -0.3 is 19.9 Å². The Kier molecular flexibility index (Phi) is 5.48. The molecule has 0 unspecified atom stereocenters. The molecule has 1 aromatic carbocycles. The van der Waals surface area contributed by atoms with Gasteiger partial charge in [-0.25, -0.2) is 9.97 Å². The van der Waals surface area contributed by atoms with Crippen molar-refractivity contribution >= 4 is 23.2 Å². The molecule has 1 aromatic heterocycles. The Labute approximate surface area is 159 Å². The highest BCUT2D eigenvalue weighted by atomic mass is 16.5. The zero-order chi connectivity index (χ0) is 18.5. The van der Waals surface area contributed by atoms with Crippen molar-refractivity contribution in [3.63, 3.8) is 0 Å². The lowest BCUT2D eigenvalue weighted by Crippen LogP contribution is -2.47. The van der Waals surface area contributed by atoms with Crippen LogP contribution in [0.25, 0.3) is 0 Å². The average molecular weight is 367 g/mol. The first-order chi connectivity index (χ1) is 13.3. The van der Waals surface area contributed by atoms with Crippen LogP contribution in [0.1, 0.15) is 12.8 Å². The van der Waals surface area contributed by atoms with Gasteiger partial charge in [-0.3, -0.25) is 4.79 Å². The Morgan fingerprint density at radius 3 is 2.26 bits per heavy atom. The molecule has 0 saturated carbocycles. The van der Waals surface area contributed by atoms with Gasteiger partial charge in [0.15, 0.2) is 0 Å². The number of carbonyl (C=O) groups excluding carboxylic acids is 1. The van der Waals surface area contributed by atoms with Crippen LogP contribution in [0.5, 0.6) is 0 Å². The van der Waals surface area contributed by atoms with Gasteiger partial charge in [-0.05, 0) is 25.0 Å². The summed E-state index contributed by atoms with van der Waals surface area (Å²) in [7, 11) is 0. The molecule has 0 bridgehead atoms. The maximum atomic E-state index is 12.3.